The average Bonchev–Trinajstić information content (AvgIpc) is 2.37. The molecule has 18 heavy (non-hydrogen) atoms. The lowest BCUT2D eigenvalue weighted by Gasteiger charge is -2.14. The minimum atomic E-state index is -0.0783. The first kappa shape index (κ1) is 14.9. The number of nitrogens with one attached hydrogen (secondary N) is 1. The maximum atomic E-state index is 12.0. The Bertz CT molecular complexity index is 435. The summed E-state index contributed by atoms with van der Waals surface area (Å²) >= 11 is 1.09. The van der Waals surface area contributed by atoms with E-state index in [-0.39, 0.29) is 11.9 Å². The Morgan fingerprint density at radius 1 is 1.56 bits per heavy atom. The standard InChI is InChI=1S/C13H20N2O2S/c1-5-9(3)15-13(16)10-6-8(2)12(17-4)11(7-10)18-14/h6-7,9H,5,14H2,1-4H3,(H,15,16). The minimum Gasteiger partial charge on any atom is -0.495 e. The van der Waals surface area contributed by atoms with Gasteiger partial charge in [-0.15, -0.1) is 0 Å². The van der Waals surface area contributed by atoms with Gasteiger partial charge in [0.2, 0.25) is 0 Å². The van der Waals surface area contributed by atoms with E-state index < -0.39 is 0 Å². The molecule has 0 bridgehead atoms. The van der Waals surface area contributed by atoms with Crippen LogP contribution in [-0.4, -0.2) is 19.1 Å². The Morgan fingerprint density at radius 2 is 2.22 bits per heavy atom. The van der Waals surface area contributed by atoms with Gasteiger partial charge in [0.25, 0.3) is 5.91 Å². The van der Waals surface area contributed by atoms with E-state index in [4.69, 9.17) is 9.88 Å². The fourth-order valence-corrected chi connectivity index (χ4v) is 2.18. The van der Waals surface area contributed by atoms with Crippen LogP contribution in [-0.2, 0) is 0 Å². The first-order valence-electron chi connectivity index (χ1n) is 5.89. The lowest BCUT2D eigenvalue weighted by Crippen LogP contribution is -2.32. The Hall–Kier alpha value is -1.20. The molecule has 1 atom stereocenters. The predicted molar refractivity (Wildman–Crippen MR) is 75.0 cm³/mol. The van der Waals surface area contributed by atoms with Crippen molar-refractivity contribution in [2.45, 2.75) is 38.1 Å². The zero-order valence-corrected chi connectivity index (χ0v) is 12.1. The third kappa shape index (κ3) is 3.40. The molecule has 0 saturated carbocycles. The number of aryl methyl sites for hydroxylation is 1. The molecule has 0 saturated heterocycles. The molecule has 0 radical (unpaired) electrons. The third-order valence-corrected chi connectivity index (χ3v) is 3.38. The largest absolute Gasteiger partial charge is 0.495 e. The van der Waals surface area contributed by atoms with Crippen LogP contribution in [0.1, 0.15) is 36.2 Å². The SMILES string of the molecule is CCC(C)NC(=O)c1cc(C)c(OC)c(SN)c1. The topological polar surface area (TPSA) is 64.3 Å². The molecule has 1 rings (SSSR count). The van der Waals surface area contributed by atoms with E-state index >= 15 is 0 Å². The molecule has 1 aromatic carbocycles. The van der Waals surface area contributed by atoms with E-state index in [1.54, 1.807) is 13.2 Å². The molecule has 0 aliphatic carbocycles. The zero-order chi connectivity index (χ0) is 13.7. The summed E-state index contributed by atoms with van der Waals surface area (Å²) in [5, 5.41) is 8.53. The third-order valence-electron chi connectivity index (χ3n) is 2.82. The molecular formula is C13H20N2O2S. The molecule has 0 aromatic heterocycles. The van der Waals surface area contributed by atoms with Crippen molar-refractivity contribution in [1.82, 2.24) is 5.32 Å². The van der Waals surface area contributed by atoms with Crippen LogP contribution in [0.5, 0.6) is 5.75 Å². The fraction of sp³-hybridized carbons (Fsp3) is 0.462. The van der Waals surface area contributed by atoms with Gasteiger partial charge >= 0.3 is 0 Å². The lowest BCUT2D eigenvalue weighted by atomic mass is 10.1. The number of rotatable bonds is 5. The smallest absolute Gasteiger partial charge is 0.251 e. The second kappa shape index (κ2) is 6.66. The molecule has 0 fully saturated rings. The number of amides is 1. The van der Waals surface area contributed by atoms with E-state index in [2.05, 4.69) is 5.32 Å². The molecule has 0 spiro atoms. The highest BCUT2D eigenvalue weighted by molar-refractivity contribution is 7.97. The lowest BCUT2D eigenvalue weighted by molar-refractivity contribution is 0.0939. The number of ether oxygens (including phenoxy) is 1. The molecule has 1 aromatic rings. The Morgan fingerprint density at radius 3 is 2.72 bits per heavy atom. The quantitative estimate of drug-likeness (QED) is 0.805. The van der Waals surface area contributed by atoms with Gasteiger partial charge in [-0.25, -0.2) is 0 Å². The zero-order valence-electron chi connectivity index (χ0n) is 11.2. The molecule has 0 aliphatic heterocycles. The summed E-state index contributed by atoms with van der Waals surface area (Å²) in [4.78, 5) is 12.8. The van der Waals surface area contributed by atoms with Crippen LogP contribution in [0, 0.1) is 6.92 Å². The Kier molecular flexibility index (Phi) is 5.50. The van der Waals surface area contributed by atoms with Crippen molar-refractivity contribution in [2.75, 3.05) is 7.11 Å². The van der Waals surface area contributed by atoms with E-state index in [0.717, 1.165) is 34.6 Å². The van der Waals surface area contributed by atoms with Crippen LogP contribution >= 0.6 is 11.9 Å². The number of methoxy groups -OCH3 is 1. The normalized spacial score (nSPS) is 12.1. The van der Waals surface area contributed by atoms with Crippen molar-refractivity contribution in [2.24, 2.45) is 5.14 Å². The monoisotopic (exact) mass is 268 g/mol. The van der Waals surface area contributed by atoms with Gasteiger partial charge in [-0.2, -0.15) is 0 Å². The first-order valence-corrected chi connectivity index (χ1v) is 6.77. The molecule has 1 unspecified atom stereocenters. The van der Waals surface area contributed by atoms with Crippen LogP contribution < -0.4 is 15.2 Å². The van der Waals surface area contributed by atoms with Gasteiger partial charge in [-0.1, -0.05) is 6.92 Å². The van der Waals surface area contributed by atoms with Crippen molar-refractivity contribution in [1.29, 1.82) is 0 Å². The summed E-state index contributed by atoms with van der Waals surface area (Å²) in [5.41, 5.74) is 1.52. The number of hydrogen-bond donors (Lipinski definition) is 2. The van der Waals surface area contributed by atoms with Gasteiger partial charge in [-0.3, -0.25) is 9.93 Å². The summed E-state index contributed by atoms with van der Waals surface area (Å²) in [6.07, 6.45) is 0.902. The molecule has 100 valence electrons. The summed E-state index contributed by atoms with van der Waals surface area (Å²) in [6.45, 7) is 5.91. The number of nitrogens with two attached hydrogens (primary N) is 1. The Labute approximate surface area is 112 Å². The molecule has 3 N–H and O–H groups in total. The second-order valence-corrected chi connectivity index (χ2v) is 4.90. The number of benzene rings is 1. The maximum absolute atomic E-state index is 12.0. The maximum Gasteiger partial charge on any atom is 0.251 e. The molecular weight excluding hydrogens is 248 g/mol. The van der Waals surface area contributed by atoms with Crippen LogP contribution in [0.25, 0.3) is 0 Å². The van der Waals surface area contributed by atoms with Gasteiger partial charge in [0.1, 0.15) is 5.75 Å². The summed E-state index contributed by atoms with van der Waals surface area (Å²) in [7, 11) is 1.60. The molecule has 1 amide bonds. The van der Waals surface area contributed by atoms with Crippen molar-refractivity contribution >= 4 is 17.9 Å². The van der Waals surface area contributed by atoms with Gasteiger partial charge in [0, 0.05) is 11.6 Å². The number of carbonyl (C=O) groups is 1. The first-order chi connectivity index (χ1) is 8.53. The number of hydrogen-bond acceptors (Lipinski definition) is 4. The molecule has 5 heteroatoms. The van der Waals surface area contributed by atoms with Crippen molar-refractivity contribution in [3.05, 3.63) is 23.3 Å². The summed E-state index contributed by atoms with van der Waals surface area (Å²) in [6, 6.07) is 3.73. The summed E-state index contributed by atoms with van der Waals surface area (Å²) in [5.74, 6) is 0.646. The molecule has 0 aliphatic rings. The minimum absolute atomic E-state index is 0.0783. The molecule has 0 heterocycles. The molecule has 4 nitrogen and oxygen atoms in total. The van der Waals surface area contributed by atoms with Crippen LogP contribution in [0.15, 0.2) is 17.0 Å². The van der Waals surface area contributed by atoms with Crippen LogP contribution in [0.3, 0.4) is 0 Å². The van der Waals surface area contributed by atoms with Crippen LogP contribution in [0.2, 0.25) is 0 Å². The van der Waals surface area contributed by atoms with Crippen molar-refractivity contribution in [3.8, 4) is 5.75 Å². The highest BCUT2D eigenvalue weighted by Gasteiger charge is 2.14. The van der Waals surface area contributed by atoms with E-state index in [9.17, 15) is 4.79 Å². The van der Waals surface area contributed by atoms with Gasteiger partial charge in [0.15, 0.2) is 0 Å². The van der Waals surface area contributed by atoms with Crippen molar-refractivity contribution in [3.63, 3.8) is 0 Å². The van der Waals surface area contributed by atoms with Gasteiger partial charge in [-0.05, 0) is 49.9 Å². The fourth-order valence-electron chi connectivity index (χ4n) is 1.63. The summed E-state index contributed by atoms with van der Waals surface area (Å²) < 4.78 is 5.27. The Balaban J connectivity index is 3.04. The van der Waals surface area contributed by atoms with E-state index in [0.29, 0.717) is 5.56 Å². The number of carbonyl (C=O) groups excluding carboxylic acids is 1. The highest BCUT2D eigenvalue weighted by atomic mass is 32.2. The highest BCUT2D eigenvalue weighted by Crippen LogP contribution is 2.30. The predicted octanol–water partition coefficient (Wildman–Crippen LogP) is 2.50. The second-order valence-electron chi connectivity index (χ2n) is 4.23. The van der Waals surface area contributed by atoms with Gasteiger partial charge in [0.05, 0.1) is 12.0 Å². The van der Waals surface area contributed by atoms with Crippen molar-refractivity contribution < 1.29 is 9.53 Å². The average molecular weight is 268 g/mol. The van der Waals surface area contributed by atoms with E-state index in [1.165, 1.54) is 0 Å². The van der Waals surface area contributed by atoms with E-state index in [1.807, 2.05) is 26.8 Å². The van der Waals surface area contributed by atoms with Gasteiger partial charge < -0.3 is 10.1 Å². The van der Waals surface area contributed by atoms with Crippen LogP contribution in [0.4, 0.5) is 0 Å².